The molecule has 11 rings (SSSR count). The number of nitrogens with zero attached hydrogens (tertiary/aromatic N) is 10. The number of imide groups is 1. The van der Waals surface area contributed by atoms with Gasteiger partial charge in [-0.25, -0.2) is 8.78 Å². The molecule has 2 N–H and O–H groups in total. The normalized spacial score (nSPS) is 20.3. The molecule has 6 saturated heterocycles. The SMILES string of the molecule is C#Cc1c(F)ccc2cccc(-c3ncc4c(N5CC6CCC(C5)N6)nc(OC)nc4c3F)c12.C=O.CC.CC.CCCC(C(=O)NC=O)N(C=O)c1ccc(N2CCN(CC3CN(C)C3)CC2)cc1N(C)C.COCC1CCC2CCCN21. The summed E-state index contributed by atoms with van der Waals surface area (Å²) in [5.74, 6) is 2.17. The molecule has 5 unspecified atom stereocenters. The van der Waals surface area contributed by atoms with Crippen molar-refractivity contribution in [2.45, 2.75) is 116 Å². The Hall–Kier alpha value is -6.89. The second-order valence-electron chi connectivity index (χ2n) is 21.8. The lowest BCUT2D eigenvalue weighted by molar-refractivity contribution is -0.127. The van der Waals surface area contributed by atoms with Crippen molar-refractivity contribution in [1.29, 1.82) is 0 Å². The first-order valence-corrected chi connectivity index (χ1v) is 29.9. The molecule has 6 aliphatic rings. The van der Waals surface area contributed by atoms with Gasteiger partial charge in [-0.15, -0.1) is 6.42 Å². The first kappa shape index (κ1) is 66.3. The Morgan fingerprint density at radius 2 is 1.62 bits per heavy atom. The number of aromatic nitrogens is 3. The molecule has 0 saturated carbocycles. The van der Waals surface area contributed by atoms with E-state index in [1.54, 1.807) is 30.5 Å². The summed E-state index contributed by atoms with van der Waals surface area (Å²) in [6, 6.07) is 16.0. The van der Waals surface area contributed by atoms with Crippen molar-refractivity contribution >= 4 is 70.1 Å². The van der Waals surface area contributed by atoms with Crippen LogP contribution in [0.4, 0.5) is 31.7 Å². The Labute approximate surface area is 496 Å². The van der Waals surface area contributed by atoms with E-state index in [1.807, 2.05) is 79.6 Å². The first-order chi connectivity index (χ1) is 40.9. The lowest BCUT2D eigenvalue weighted by atomic mass is 9.96. The Bertz CT molecular complexity index is 2970. The smallest absolute Gasteiger partial charge is 0.318 e. The number of carbonyl (C=O) groups is 4. The molecule has 84 heavy (non-hydrogen) atoms. The van der Waals surface area contributed by atoms with Crippen LogP contribution < -0.4 is 35.0 Å². The molecule has 456 valence electrons. The third kappa shape index (κ3) is 15.5. The molecule has 2 bridgehead atoms. The zero-order valence-electron chi connectivity index (χ0n) is 51.2. The lowest BCUT2D eigenvalue weighted by Crippen LogP contribution is -2.53. The number of ether oxygens (including phenoxy) is 2. The summed E-state index contributed by atoms with van der Waals surface area (Å²) >= 11 is 0. The average molecular weight is 1160 g/mol. The zero-order chi connectivity index (χ0) is 61.0. The molecule has 3 aromatic carbocycles. The van der Waals surface area contributed by atoms with Crippen LogP contribution in [0.3, 0.4) is 0 Å². The van der Waals surface area contributed by atoms with E-state index in [0.717, 1.165) is 88.1 Å². The largest absolute Gasteiger partial charge is 0.467 e. The van der Waals surface area contributed by atoms with E-state index in [1.165, 1.54) is 69.9 Å². The number of terminal acetylenes is 1. The fourth-order valence-electron chi connectivity index (χ4n) is 12.7. The fourth-order valence-corrected chi connectivity index (χ4v) is 12.7. The van der Waals surface area contributed by atoms with Crippen molar-refractivity contribution in [2.75, 3.05) is 127 Å². The summed E-state index contributed by atoms with van der Waals surface area (Å²) in [6.45, 7) is 23.3. The summed E-state index contributed by atoms with van der Waals surface area (Å²) in [5, 5.41) is 7.44. The topological polar surface area (TPSA) is 172 Å². The predicted octanol–water partition coefficient (Wildman–Crippen LogP) is 8.02. The maximum Gasteiger partial charge on any atom is 0.318 e. The molecule has 18 nitrogen and oxygen atoms in total. The molecular weight excluding hydrogens is 1070 g/mol. The number of piperazine rings is 2. The predicted molar refractivity (Wildman–Crippen MR) is 333 cm³/mol. The molecular formula is C64H90F2N12O6. The standard InChI is InChI=1S/C26H21F2N5O.C24H38N6O3.C9H17NO.2C2H6.CH2O/c1-3-17-20(27)10-7-14-5-4-6-18(21(14)17)23-22(28)24-19(11-29-23)25(32-26(31-24)34-2)33-12-15-8-9-16(13-33)30-15;1-5-6-22(24(33)25-17-31)30(18-32)21-8-7-20(13-23(21)26(2)3)29-11-9-28(10-12-29)16-19-14-27(4)15-19;1-11-7-9-5-4-8-3-2-6-10(8)9;3*1-2/h1,4-7,10-11,15-16,30H,8-9,12-13H2,2H3;7-8,13,17-19,22H,5-6,9-12,14-16H2,1-4H3,(H,25,31,33);8-9H,2-7H2,1H3;2*1-2H3;1H2. The number of pyridine rings is 1. The van der Waals surface area contributed by atoms with Gasteiger partial charge in [0.05, 0.1) is 36.0 Å². The Balaban J connectivity index is 0.000000212. The number of amides is 3. The zero-order valence-corrected chi connectivity index (χ0v) is 51.2. The molecule has 5 aromatic rings. The number of rotatable bonds is 16. The van der Waals surface area contributed by atoms with Crippen LogP contribution in [-0.4, -0.2) is 193 Å². The van der Waals surface area contributed by atoms with Gasteiger partial charge >= 0.3 is 6.01 Å². The van der Waals surface area contributed by atoms with Crippen molar-refractivity contribution in [3.05, 3.63) is 71.9 Å². The minimum atomic E-state index is -0.739. The van der Waals surface area contributed by atoms with Crippen molar-refractivity contribution in [3.8, 4) is 29.6 Å². The van der Waals surface area contributed by atoms with Crippen molar-refractivity contribution < 1.29 is 37.4 Å². The number of anilines is 4. The summed E-state index contributed by atoms with van der Waals surface area (Å²) in [5.41, 5.74) is 3.27. The van der Waals surface area contributed by atoms with Crippen LogP contribution in [0.15, 0.2) is 54.7 Å². The molecule has 6 aliphatic heterocycles. The second-order valence-corrected chi connectivity index (χ2v) is 21.8. The number of nitrogens with one attached hydrogen (secondary N) is 2. The van der Waals surface area contributed by atoms with Crippen molar-refractivity contribution in [1.82, 2.24) is 40.3 Å². The molecule has 0 spiro atoms. The molecule has 20 heteroatoms. The molecule has 0 radical (unpaired) electrons. The van der Waals surface area contributed by atoms with Crippen molar-refractivity contribution in [2.24, 2.45) is 5.92 Å². The summed E-state index contributed by atoms with van der Waals surface area (Å²) < 4.78 is 41.1. The van der Waals surface area contributed by atoms with Gasteiger partial charge in [0, 0.05) is 127 Å². The van der Waals surface area contributed by atoms with E-state index >= 15 is 4.39 Å². The van der Waals surface area contributed by atoms with E-state index in [2.05, 4.69) is 69.1 Å². The van der Waals surface area contributed by atoms with E-state index < -0.39 is 23.6 Å². The number of likely N-dealkylation sites (tertiary alicyclic amines) is 1. The minimum Gasteiger partial charge on any atom is -0.467 e. The van der Waals surface area contributed by atoms with Gasteiger partial charge < -0.3 is 44.1 Å². The highest BCUT2D eigenvalue weighted by atomic mass is 19.1. The first-order valence-electron chi connectivity index (χ1n) is 29.9. The van der Waals surface area contributed by atoms with Crippen LogP contribution in [0, 0.1) is 29.9 Å². The highest BCUT2D eigenvalue weighted by molar-refractivity contribution is 6.02. The van der Waals surface area contributed by atoms with E-state index in [0.29, 0.717) is 71.0 Å². The van der Waals surface area contributed by atoms with Crippen LogP contribution in [0.25, 0.3) is 32.9 Å². The second kappa shape index (κ2) is 32.4. The van der Waals surface area contributed by atoms with Crippen LogP contribution in [0.5, 0.6) is 6.01 Å². The van der Waals surface area contributed by atoms with Crippen molar-refractivity contribution in [3.63, 3.8) is 0 Å². The van der Waals surface area contributed by atoms with Crippen LogP contribution in [0.1, 0.15) is 91.5 Å². The highest BCUT2D eigenvalue weighted by Crippen LogP contribution is 2.39. The maximum atomic E-state index is 16.1. The van der Waals surface area contributed by atoms with Gasteiger partial charge in [0.15, 0.2) is 5.82 Å². The van der Waals surface area contributed by atoms with Gasteiger partial charge in [0.2, 0.25) is 18.7 Å². The van der Waals surface area contributed by atoms with Gasteiger partial charge in [-0.05, 0) is 94.1 Å². The fraction of sp³-hybridized carbons (Fsp3) is 0.547. The number of methoxy groups -OCH3 is 2. The Kier molecular flexibility index (Phi) is 25.6. The van der Waals surface area contributed by atoms with Crippen LogP contribution >= 0.6 is 0 Å². The summed E-state index contributed by atoms with van der Waals surface area (Å²) in [4.78, 5) is 72.2. The number of hydrogen-bond acceptors (Lipinski definition) is 16. The van der Waals surface area contributed by atoms with Crippen LogP contribution in [-0.2, 0) is 23.9 Å². The summed E-state index contributed by atoms with van der Waals surface area (Å²) in [6.07, 6.45) is 17.2. The number of fused-ring (bicyclic) bond motifs is 5. The van der Waals surface area contributed by atoms with Gasteiger partial charge in [-0.3, -0.25) is 34.5 Å². The lowest BCUT2D eigenvalue weighted by Gasteiger charge is -2.42. The molecule has 3 amide bonds. The maximum absolute atomic E-state index is 16.1. The molecule has 2 aromatic heterocycles. The number of carbonyl (C=O) groups excluding carboxylic acids is 4. The monoisotopic (exact) mass is 1160 g/mol. The minimum absolute atomic E-state index is 0.0484. The number of halogens is 2. The van der Waals surface area contributed by atoms with Gasteiger partial charge in [0.1, 0.15) is 35.7 Å². The highest BCUT2D eigenvalue weighted by Gasteiger charge is 2.37. The van der Waals surface area contributed by atoms with E-state index in [-0.39, 0.29) is 22.8 Å². The number of benzene rings is 3. The van der Waals surface area contributed by atoms with E-state index in [4.69, 9.17) is 20.7 Å². The van der Waals surface area contributed by atoms with Gasteiger partial charge in [-0.1, -0.05) is 71.2 Å². The van der Waals surface area contributed by atoms with Crippen LogP contribution in [0.2, 0.25) is 0 Å². The Morgan fingerprint density at radius 1 is 0.905 bits per heavy atom. The molecule has 0 aliphatic carbocycles. The average Bonchev–Trinajstić information content (AvgIpc) is 2.30. The third-order valence-electron chi connectivity index (χ3n) is 16.4. The Morgan fingerprint density at radius 3 is 2.24 bits per heavy atom. The van der Waals surface area contributed by atoms with Gasteiger partial charge in [-0.2, -0.15) is 9.97 Å². The third-order valence-corrected chi connectivity index (χ3v) is 16.4. The molecule has 8 heterocycles. The summed E-state index contributed by atoms with van der Waals surface area (Å²) in [7, 11) is 9.30. The van der Waals surface area contributed by atoms with E-state index in [9.17, 15) is 18.8 Å². The molecule has 6 fully saturated rings. The molecule has 5 atom stereocenters. The number of hydrogen-bond donors (Lipinski definition) is 2. The quantitative estimate of drug-likeness (QED) is 0.0718. The van der Waals surface area contributed by atoms with Gasteiger partial charge in [0.25, 0.3) is 0 Å².